The number of fused-ring (bicyclic) bond motifs is 1. The van der Waals surface area contributed by atoms with Crippen molar-refractivity contribution in [2.24, 2.45) is 5.92 Å². The summed E-state index contributed by atoms with van der Waals surface area (Å²) >= 11 is 0. The van der Waals surface area contributed by atoms with E-state index in [1.54, 1.807) is 0 Å². The van der Waals surface area contributed by atoms with Crippen LogP contribution >= 0.6 is 0 Å². The van der Waals surface area contributed by atoms with Gasteiger partial charge in [0.05, 0.1) is 6.61 Å². The molecule has 1 aromatic carbocycles. The maximum Gasteiger partial charge on any atom is 0.0613 e. The van der Waals surface area contributed by atoms with Crippen molar-refractivity contribution in [2.45, 2.75) is 44.7 Å². The number of aromatic nitrogens is 1. The summed E-state index contributed by atoms with van der Waals surface area (Å²) in [7, 11) is 0. The van der Waals surface area contributed by atoms with Crippen molar-refractivity contribution >= 4 is 10.8 Å². The van der Waals surface area contributed by atoms with Crippen LogP contribution in [0.3, 0.4) is 0 Å². The van der Waals surface area contributed by atoms with Crippen LogP contribution in [0.2, 0.25) is 0 Å². The molecule has 0 spiro atoms. The summed E-state index contributed by atoms with van der Waals surface area (Å²) in [6.45, 7) is 3.33. The monoisotopic (exact) mass is 284 g/mol. The number of hydrogen-bond donors (Lipinski definition) is 2. The van der Waals surface area contributed by atoms with E-state index in [4.69, 9.17) is 0 Å². The van der Waals surface area contributed by atoms with Crippen molar-refractivity contribution < 1.29 is 5.11 Å². The van der Waals surface area contributed by atoms with Gasteiger partial charge in [0.2, 0.25) is 0 Å². The number of benzene rings is 1. The Hall–Kier alpha value is -1.45. The molecule has 2 aromatic rings. The zero-order valence-electron chi connectivity index (χ0n) is 12.7. The summed E-state index contributed by atoms with van der Waals surface area (Å²) < 4.78 is 0. The van der Waals surface area contributed by atoms with E-state index in [0.29, 0.717) is 5.92 Å². The minimum atomic E-state index is -0.0924. The number of pyridine rings is 1. The molecule has 1 aromatic heterocycles. The van der Waals surface area contributed by atoms with E-state index in [1.807, 2.05) is 18.5 Å². The third-order valence-electron chi connectivity index (χ3n) is 4.77. The summed E-state index contributed by atoms with van der Waals surface area (Å²) in [6.07, 6.45) is 8.36. The third kappa shape index (κ3) is 3.25. The van der Waals surface area contributed by atoms with Gasteiger partial charge < -0.3 is 10.4 Å². The molecular formula is C18H24N2O. The fourth-order valence-corrected chi connectivity index (χ4v) is 3.55. The fourth-order valence-electron chi connectivity index (χ4n) is 3.55. The standard InChI is InChI=1S/C18H24N2O/c1-14-3-2-7-18(10-14,13-21)20-11-15-4-5-17-12-19-8-6-16(17)9-15/h4-6,8-9,12,14,20-21H,2-3,7,10-11,13H2,1H3. The van der Waals surface area contributed by atoms with Crippen LogP contribution < -0.4 is 5.32 Å². The second-order valence-electron chi connectivity index (χ2n) is 6.55. The molecule has 3 nitrogen and oxygen atoms in total. The first kappa shape index (κ1) is 14.5. The number of aliphatic hydroxyl groups is 1. The Morgan fingerprint density at radius 3 is 3.05 bits per heavy atom. The molecule has 1 aliphatic carbocycles. The van der Waals surface area contributed by atoms with Gasteiger partial charge in [0, 0.05) is 29.9 Å². The lowest BCUT2D eigenvalue weighted by atomic mass is 9.77. The van der Waals surface area contributed by atoms with Crippen molar-refractivity contribution in [1.82, 2.24) is 10.3 Å². The molecule has 3 heteroatoms. The highest BCUT2D eigenvalue weighted by Gasteiger charge is 2.33. The molecule has 0 bridgehead atoms. The molecule has 0 aliphatic heterocycles. The van der Waals surface area contributed by atoms with E-state index in [2.05, 4.69) is 35.4 Å². The topological polar surface area (TPSA) is 45.1 Å². The second kappa shape index (κ2) is 6.12. The van der Waals surface area contributed by atoms with Gasteiger partial charge in [-0.1, -0.05) is 31.9 Å². The number of rotatable bonds is 4. The van der Waals surface area contributed by atoms with E-state index in [9.17, 15) is 5.11 Å². The van der Waals surface area contributed by atoms with E-state index in [1.165, 1.54) is 29.2 Å². The number of nitrogens with zero attached hydrogens (tertiary/aromatic N) is 1. The van der Waals surface area contributed by atoms with Gasteiger partial charge in [-0.25, -0.2) is 0 Å². The van der Waals surface area contributed by atoms with Crippen LogP contribution in [-0.2, 0) is 6.54 Å². The maximum atomic E-state index is 9.84. The average Bonchev–Trinajstić information content (AvgIpc) is 2.53. The van der Waals surface area contributed by atoms with Crippen molar-refractivity contribution in [3.8, 4) is 0 Å². The van der Waals surface area contributed by atoms with Crippen LogP contribution in [0, 0.1) is 5.92 Å². The van der Waals surface area contributed by atoms with E-state index < -0.39 is 0 Å². The number of aliphatic hydroxyl groups excluding tert-OH is 1. The smallest absolute Gasteiger partial charge is 0.0613 e. The summed E-state index contributed by atoms with van der Waals surface area (Å²) in [5, 5.41) is 15.9. The van der Waals surface area contributed by atoms with Crippen molar-refractivity contribution in [3.63, 3.8) is 0 Å². The molecule has 0 radical (unpaired) electrons. The molecule has 1 fully saturated rings. The quantitative estimate of drug-likeness (QED) is 0.905. The second-order valence-corrected chi connectivity index (χ2v) is 6.55. The van der Waals surface area contributed by atoms with Gasteiger partial charge in [-0.05, 0) is 41.8 Å². The highest BCUT2D eigenvalue weighted by molar-refractivity contribution is 5.81. The van der Waals surface area contributed by atoms with E-state index in [0.717, 1.165) is 19.4 Å². The Bertz CT molecular complexity index is 613. The predicted molar refractivity (Wildman–Crippen MR) is 86.0 cm³/mol. The Morgan fingerprint density at radius 2 is 2.24 bits per heavy atom. The van der Waals surface area contributed by atoms with Gasteiger partial charge in [-0.3, -0.25) is 4.98 Å². The molecule has 112 valence electrons. The van der Waals surface area contributed by atoms with Crippen LogP contribution in [0.15, 0.2) is 36.7 Å². The SMILES string of the molecule is CC1CCCC(CO)(NCc2ccc3cnccc3c2)C1. The summed E-state index contributed by atoms with van der Waals surface area (Å²) in [6, 6.07) is 8.52. The third-order valence-corrected chi connectivity index (χ3v) is 4.77. The minimum Gasteiger partial charge on any atom is -0.394 e. The zero-order valence-corrected chi connectivity index (χ0v) is 12.7. The Kier molecular flexibility index (Phi) is 4.22. The highest BCUT2D eigenvalue weighted by Crippen LogP contribution is 2.32. The number of hydrogen-bond acceptors (Lipinski definition) is 3. The first-order chi connectivity index (χ1) is 10.2. The van der Waals surface area contributed by atoms with Crippen LogP contribution in [0.4, 0.5) is 0 Å². The zero-order chi connectivity index (χ0) is 14.7. The lowest BCUT2D eigenvalue weighted by Gasteiger charge is -2.39. The van der Waals surface area contributed by atoms with Gasteiger partial charge in [-0.2, -0.15) is 0 Å². The Morgan fingerprint density at radius 1 is 1.33 bits per heavy atom. The Balaban J connectivity index is 1.72. The fraction of sp³-hybridized carbons (Fsp3) is 0.500. The van der Waals surface area contributed by atoms with Crippen LogP contribution in [0.1, 0.15) is 38.2 Å². The highest BCUT2D eigenvalue weighted by atomic mass is 16.3. The van der Waals surface area contributed by atoms with Gasteiger partial charge >= 0.3 is 0 Å². The molecule has 21 heavy (non-hydrogen) atoms. The molecule has 0 amide bonds. The molecule has 2 unspecified atom stereocenters. The lowest BCUT2D eigenvalue weighted by molar-refractivity contribution is 0.0982. The minimum absolute atomic E-state index is 0.0924. The van der Waals surface area contributed by atoms with Gasteiger partial charge in [0.25, 0.3) is 0 Å². The molecule has 1 heterocycles. The van der Waals surface area contributed by atoms with Crippen LogP contribution in [0.25, 0.3) is 10.8 Å². The molecule has 1 aliphatic rings. The first-order valence-corrected chi connectivity index (χ1v) is 7.89. The van der Waals surface area contributed by atoms with E-state index in [-0.39, 0.29) is 12.1 Å². The summed E-state index contributed by atoms with van der Waals surface area (Å²) in [5.41, 5.74) is 1.17. The molecule has 2 atom stereocenters. The lowest BCUT2D eigenvalue weighted by Crippen LogP contribution is -2.51. The molecule has 3 rings (SSSR count). The summed E-state index contributed by atoms with van der Waals surface area (Å²) in [4.78, 5) is 4.15. The summed E-state index contributed by atoms with van der Waals surface area (Å²) in [5.74, 6) is 0.695. The van der Waals surface area contributed by atoms with Crippen molar-refractivity contribution in [2.75, 3.05) is 6.61 Å². The molecule has 0 saturated heterocycles. The van der Waals surface area contributed by atoms with Crippen molar-refractivity contribution in [3.05, 3.63) is 42.2 Å². The largest absolute Gasteiger partial charge is 0.394 e. The normalized spacial score (nSPS) is 26.1. The van der Waals surface area contributed by atoms with Gasteiger partial charge in [-0.15, -0.1) is 0 Å². The average molecular weight is 284 g/mol. The Labute approximate surface area is 126 Å². The van der Waals surface area contributed by atoms with E-state index >= 15 is 0 Å². The van der Waals surface area contributed by atoms with Gasteiger partial charge in [0.15, 0.2) is 0 Å². The van der Waals surface area contributed by atoms with Crippen LogP contribution in [0.5, 0.6) is 0 Å². The first-order valence-electron chi connectivity index (χ1n) is 7.89. The molecule has 1 saturated carbocycles. The van der Waals surface area contributed by atoms with Crippen LogP contribution in [-0.4, -0.2) is 22.2 Å². The predicted octanol–water partition coefficient (Wildman–Crippen LogP) is 3.27. The molecule has 2 N–H and O–H groups in total. The maximum absolute atomic E-state index is 9.84. The number of nitrogens with one attached hydrogen (secondary N) is 1. The van der Waals surface area contributed by atoms with Crippen molar-refractivity contribution in [1.29, 1.82) is 0 Å². The van der Waals surface area contributed by atoms with Gasteiger partial charge in [0.1, 0.15) is 0 Å². The molecular weight excluding hydrogens is 260 g/mol.